The summed E-state index contributed by atoms with van der Waals surface area (Å²) in [7, 11) is -2.17. The Morgan fingerprint density at radius 3 is 2.41 bits per heavy atom. The van der Waals surface area contributed by atoms with Crippen LogP contribution in [-0.4, -0.2) is 36.7 Å². The van der Waals surface area contributed by atoms with Gasteiger partial charge in [-0.25, -0.2) is 13.4 Å². The van der Waals surface area contributed by atoms with Crippen molar-refractivity contribution in [3.63, 3.8) is 0 Å². The van der Waals surface area contributed by atoms with Crippen molar-refractivity contribution in [2.24, 2.45) is 0 Å². The first kappa shape index (κ1) is 27.4. The Balaban J connectivity index is 1.47. The summed E-state index contributed by atoms with van der Waals surface area (Å²) < 4.78 is 74.2. The average Bonchev–Trinajstić information content (AvgIpc) is 3.60. The highest BCUT2D eigenvalue weighted by Crippen LogP contribution is 2.39. The summed E-state index contributed by atoms with van der Waals surface area (Å²) >= 11 is 0.957. The van der Waals surface area contributed by atoms with E-state index in [4.69, 9.17) is 4.42 Å². The minimum atomic E-state index is -4.60. The molecule has 2 aromatic carbocycles. The summed E-state index contributed by atoms with van der Waals surface area (Å²) in [4.78, 5) is 19.1. The van der Waals surface area contributed by atoms with Crippen molar-refractivity contribution < 1.29 is 30.8 Å². The number of hydrogen-bond acceptors (Lipinski definition) is 6. The monoisotopic (exact) mass is 577 g/mol. The third-order valence-electron chi connectivity index (χ3n) is 6.95. The average molecular weight is 578 g/mol. The zero-order valence-electron chi connectivity index (χ0n) is 21.0. The van der Waals surface area contributed by atoms with Crippen molar-refractivity contribution in [1.29, 1.82) is 0 Å². The van der Waals surface area contributed by atoms with Crippen LogP contribution in [0.4, 0.5) is 18.3 Å². The number of amides is 1. The lowest BCUT2D eigenvalue weighted by atomic mass is 9.96. The Morgan fingerprint density at radius 1 is 1.05 bits per heavy atom. The van der Waals surface area contributed by atoms with E-state index in [1.54, 1.807) is 19.2 Å². The van der Waals surface area contributed by atoms with E-state index < -0.39 is 27.7 Å². The number of furan rings is 1. The molecular formula is C27H26F3N3O4S2. The first-order valence-electron chi connectivity index (χ1n) is 12.4. The van der Waals surface area contributed by atoms with E-state index in [-0.39, 0.29) is 38.4 Å². The van der Waals surface area contributed by atoms with Gasteiger partial charge in [-0.1, -0.05) is 36.7 Å². The molecule has 2 aromatic heterocycles. The molecule has 2 heterocycles. The van der Waals surface area contributed by atoms with Crippen molar-refractivity contribution in [2.45, 2.75) is 55.8 Å². The van der Waals surface area contributed by atoms with Gasteiger partial charge < -0.3 is 4.42 Å². The molecule has 4 aromatic rings. The van der Waals surface area contributed by atoms with Gasteiger partial charge >= 0.3 is 6.18 Å². The van der Waals surface area contributed by atoms with Gasteiger partial charge in [-0.15, -0.1) is 0 Å². The van der Waals surface area contributed by atoms with Crippen LogP contribution in [0.15, 0.2) is 70.2 Å². The molecule has 0 saturated heterocycles. The lowest BCUT2D eigenvalue weighted by Crippen LogP contribution is -2.38. The maximum Gasteiger partial charge on any atom is 0.418 e. The van der Waals surface area contributed by atoms with Crippen LogP contribution in [0.1, 0.15) is 53.8 Å². The fourth-order valence-electron chi connectivity index (χ4n) is 4.80. The number of halogens is 3. The lowest BCUT2D eigenvalue weighted by Gasteiger charge is -2.30. The second-order valence-electron chi connectivity index (χ2n) is 9.45. The molecule has 0 aliphatic heterocycles. The number of sulfonamides is 1. The summed E-state index contributed by atoms with van der Waals surface area (Å²) in [5, 5.41) is 0.0665. The molecular weight excluding hydrogens is 551 g/mol. The molecule has 0 N–H and O–H groups in total. The smallest absolute Gasteiger partial charge is 0.418 e. The summed E-state index contributed by atoms with van der Waals surface area (Å²) in [5.41, 5.74) is -0.963. The third-order valence-corrected chi connectivity index (χ3v) is 9.92. The minimum Gasteiger partial charge on any atom is -0.467 e. The highest BCUT2D eigenvalue weighted by molar-refractivity contribution is 7.89. The summed E-state index contributed by atoms with van der Waals surface area (Å²) in [6, 6.07) is 12.6. The predicted octanol–water partition coefficient (Wildman–Crippen LogP) is 6.71. The highest BCUT2D eigenvalue weighted by Gasteiger charge is 2.35. The normalized spacial score (nSPS) is 15.2. The molecule has 0 unspecified atom stereocenters. The Labute approximate surface area is 227 Å². The molecule has 0 radical (unpaired) electrons. The third kappa shape index (κ3) is 5.59. The molecule has 12 heteroatoms. The van der Waals surface area contributed by atoms with E-state index in [1.165, 1.54) is 51.9 Å². The van der Waals surface area contributed by atoms with Crippen LogP contribution in [0.5, 0.6) is 0 Å². The Kier molecular flexibility index (Phi) is 7.53. The number of benzene rings is 2. The molecule has 39 heavy (non-hydrogen) atoms. The minimum absolute atomic E-state index is 0.0607. The second kappa shape index (κ2) is 10.7. The molecule has 206 valence electrons. The van der Waals surface area contributed by atoms with Crippen LogP contribution in [-0.2, 0) is 22.7 Å². The first-order chi connectivity index (χ1) is 18.6. The van der Waals surface area contributed by atoms with Crippen LogP contribution in [0.2, 0.25) is 0 Å². The fourth-order valence-corrected chi connectivity index (χ4v) is 7.20. The van der Waals surface area contributed by atoms with Gasteiger partial charge in [0.2, 0.25) is 10.0 Å². The molecule has 1 aliphatic carbocycles. The van der Waals surface area contributed by atoms with E-state index >= 15 is 0 Å². The van der Waals surface area contributed by atoms with Gasteiger partial charge in [0.1, 0.15) is 5.76 Å². The number of anilines is 1. The van der Waals surface area contributed by atoms with Crippen LogP contribution in [0.25, 0.3) is 10.2 Å². The Bertz CT molecular complexity index is 1560. The van der Waals surface area contributed by atoms with Crippen LogP contribution >= 0.6 is 11.3 Å². The van der Waals surface area contributed by atoms with Gasteiger partial charge in [0.25, 0.3) is 5.91 Å². The number of thiazole rings is 1. The van der Waals surface area contributed by atoms with Crippen LogP contribution < -0.4 is 4.90 Å². The number of para-hydroxylation sites is 1. The molecule has 1 aliphatic rings. The van der Waals surface area contributed by atoms with Crippen molar-refractivity contribution >= 4 is 42.6 Å². The first-order valence-corrected chi connectivity index (χ1v) is 14.7. The van der Waals surface area contributed by atoms with Gasteiger partial charge in [-0.3, -0.25) is 9.69 Å². The largest absolute Gasteiger partial charge is 0.467 e. The highest BCUT2D eigenvalue weighted by atomic mass is 32.2. The molecule has 1 saturated carbocycles. The van der Waals surface area contributed by atoms with E-state index in [1.807, 2.05) is 0 Å². The topological polar surface area (TPSA) is 83.7 Å². The quantitative estimate of drug-likeness (QED) is 0.244. The lowest BCUT2D eigenvalue weighted by molar-refractivity contribution is -0.136. The van der Waals surface area contributed by atoms with Gasteiger partial charge in [0.05, 0.1) is 33.5 Å². The summed E-state index contributed by atoms with van der Waals surface area (Å²) in [6.45, 7) is -0.0720. The van der Waals surface area contributed by atoms with Crippen LogP contribution in [0.3, 0.4) is 0 Å². The number of aromatic nitrogens is 1. The maximum atomic E-state index is 13.6. The molecule has 1 fully saturated rings. The van der Waals surface area contributed by atoms with Crippen molar-refractivity contribution in [1.82, 2.24) is 9.29 Å². The van der Waals surface area contributed by atoms with E-state index in [0.29, 0.717) is 5.76 Å². The molecule has 5 rings (SSSR count). The van der Waals surface area contributed by atoms with Gasteiger partial charge in [-0.2, -0.15) is 17.5 Å². The molecule has 0 bridgehead atoms. The molecule has 0 atom stereocenters. The number of nitrogens with zero attached hydrogens (tertiary/aromatic N) is 3. The second-order valence-corrected chi connectivity index (χ2v) is 12.5. The van der Waals surface area contributed by atoms with E-state index in [0.717, 1.165) is 49.5 Å². The number of carbonyl (C=O) groups excluding carboxylic acids is 1. The fraction of sp³-hybridized carbons (Fsp3) is 0.333. The zero-order chi connectivity index (χ0) is 27.8. The Morgan fingerprint density at radius 2 is 1.77 bits per heavy atom. The molecule has 0 spiro atoms. The molecule has 1 amide bonds. The van der Waals surface area contributed by atoms with Crippen LogP contribution in [0, 0.1) is 0 Å². The Hall–Kier alpha value is -3.22. The predicted molar refractivity (Wildman–Crippen MR) is 142 cm³/mol. The molecule has 7 nitrogen and oxygen atoms in total. The SMILES string of the molecule is CN(C1CCCCC1)S(=O)(=O)c1ccc(C(=O)N(Cc2ccco2)c2nc3c(C(F)(F)F)cccc3s2)cc1. The van der Waals surface area contributed by atoms with Crippen molar-refractivity contribution in [3.8, 4) is 0 Å². The maximum absolute atomic E-state index is 13.6. The van der Waals surface area contributed by atoms with E-state index in [2.05, 4.69) is 4.98 Å². The number of alkyl halides is 3. The number of rotatable bonds is 7. The van der Waals surface area contributed by atoms with Crippen molar-refractivity contribution in [2.75, 3.05) is 11.9 Å². The van der Waals surface area contributed by atoms with E-state index in [9.17, 15) is 26.4 Å². The standard InChI is InChI=1S/C27H26F3N3O4S2/c1-32(19-7-3-2-4-8-19)39(35,36)21-14-12-18(13-15-21)25(34)33(17-20-9-6-16-37-20)26-31-24-22(27(28,29)30)10-5-11-23(24)38-26/h5-6,9-16,19H,2-4,7-8,17H2,1H3. The van der Waals surface area contributed by atoms with Gasteiger partial charge in [-0.05, 0) is 61.4 Å². The van der Waals surface area contributed by atoms with Gasteiger partial charge in [0, 0.05) is 18.7 Å². The summed E-state index contributed by atoms with van der Waals surface area (Å²) in [5.74, 6) is -0.143. The van der Waals surface area contributed by atoms with Crippen molar-refractivity contribution in [3.05, 3.63) is 77.7 Å². The number of fused-ring (bicyclic) bond motifs is 1. The number of carbonyl (C=O) groups is 1. The zero-order valence-corrected chi connectivity index (χ0v) is 22.7. The summed E-state index contributed by atoms with van der Waals surface area (Å²) in [6.07, 6.45) is 1.52. The van der Waals surface area contributed by atoms with Gasteiger partial charge in [0.15, 0.2) is 5.13 Å². The number of hydrogen-bond donors (Lipinski definition) is 0.